The standard InChI is InChI=1S/C22H31N5S.HI/c1-19-18-28-21(25-19)11-6-12-24-22(23-2)27-16-14-26(15-17-27)13-7-10-20-8-4-3-5-9-20;/h3-5,7-10,18H,6,11-17H2,1-2H3,(H,23,24);1H/b10-7+;. The van der Waals surface area contributed by atoms with Gasteiger partial charge in [0.25, 0.3) is 0 Å². The maximum Gasteiger partial charge on any atom is 0.193 e. The number of piperazine rings is 1. The number of hydrogen-bond acceptors (Lipinski definition) is 4. The molecular weight excluding hydrogens is 493 g/mol. The van der Waals surface area contributed by atoms with Crippen LogP contribution in [-0.4, -0.2) is 67.1 Å². The summed E-state index contributed by atoms with van der Waals surface area (Å²) in [6.45, 7) is 8.16. The van der Waals surface area contributed by atoms with Crippen molar-refractivity contribution in [3.8, 4) is 0 Å². The summed E-state index contributed by atoms with van der Waals surface area (Å²) in [7, 11) is 1.88. The predicted molar refractivity (Wildman–Crippen MR) is 135 cm³/mol. The average molecular weight is 526 g/mol. The van der Waals surface area contributed by atoms with E-state index in [9.17, 15) is 0 Å². The van der Waals surface area contributed by atoms with Gasteiger partial charge in [0, 0.05) is 63.8 Å². The van der Waals surface area contributed by atoms with E-state index < -0.39 is 0 Å². The molecule has 5 nitrogen and oxygen atoms in total. The maximum atomic E-state index is 4.53. The first kappa shape index (κ1) is 23.8. The van der Waals surface area contributed by atoms with E-state index in [2.05, 4.69) is 79.9 Å². The number of aryl methyl sites for hydroxylation is 2. The van der Waals surface area contributed by atoms with E-state index in [0.717, 1.165) is 63.8 Å². The lowest BCUT2D eigenvalue weighted by molar-refractivity contribution is 0.194. The summed E-state index contributed by atoms with van der Waals surface area (Å²) in [6.07, 6.45) is 6.58. The Hall–Kier alpha value is -1.45. The van der Waals surface area contributed by atoms with Crippen LogP contribution in [0.5, 0.6) is 0 Å². The number of nitrogens with one attached hydrogen (secondary N) is 1. The van der Waals surface area contributed by atoms with Crippen molar-refractivity contribution in [2.24, 2.45) is 4.99 Å². The molecule has 1 saturated heterocycles. The number of nitrogens with zero attached hydrogens (tertiary/aromatic N) is 4. The third kappa shape index (κ3) is 8.06. The van der Waals surface area contributed by atoms with Crippen LogP contribution in [0.25, 0.3) is 6.08 Å². The van der Waals surface area contributed by atoms with Crippen LogP contribution < -0.4 is 5.32 Å². The van der Waals surface area contributed by atoms with E-state index >= 15 is 0 Å². The fourth-order valence-corrected chi connectivity index (χ4v) is 4.15. The van der Waals surface area contributed by atoms with E-state index in [1.54, 1.807) is 11.3 Å². The third-order valence-electron chi connectivity index (χ3n) is 4.87. The number of guanidine groups is 1. The highest BCUT2D eigenvalue weighted by Gasteiger charge is 2.18. The molecule has 1 aliphatic heterocycles. The predicted octanol–water partition coefficient (Wildman–Crippen LogP) is 3.91. The van der Waals surface area contributed by atoms with Crippen molar-refractivity contribution >= 4 is 47.3 Å². The van der Waals surface area contributed by atoms with Crippen molar-refractivity contribution in [3.63, 3.8) is 0 Å². The van der Waals surface area contributed by atoms with Gasteiger partial charge in [-0.2, -0.15) is 0 Å². The molecule has 158 valence electrons. The summed E-state index contributed by atoms with van der Waals surface area (Å²) < 4.78 is 0. The Labute approximate surface area is 196 Å². The van der Waals surface area contributed by atoms with Crippen LogP contribution >= 0.6 is 35.3 Å². The van der Waals surface area contributed by atoms with E-state index in [0.29, 0.717) is 0 Å². The second-order valence-corrected chi connectivity index (χ2v) is 8.00. The molecule has 1 aromatic heterocycles. The summed E-state index contributed by atoms with van der Waals surface area (Å²) in [5, 5.41) is 6.87. The summed E-state index contributed by atoms with van der Waals surface area (Å²) in [6, 6.07) is 10.5. The second-order valence-electron chi connectivity index (χ2n) is 7.06. The topological polar surface area (TPSA) is 43.8 Å². The van der Waals surface area contributed by atoms with Crippen molar-refractivity contribution in [2.75, 3.05) is 46.3 Å². The van der Waals surface area contributed by atoms with Gasteiger partial charge >= 0.3 is 0 Å². The minimum atomic E-state index is 0. The summed E-state index contributed by atoms with van der Waals surface area (Å²) >= 11 is 1.76. The molecule has 1 fully saturated rings. The molecule has 0 amide bonds. The molecule has 29 heavy (non-hydrogen) atoms. The van der Waals surface area contributed by atoms with Gasteiger partial charge in [-0.05, 0) is 18.9 Å². The molecule has 2 aromatic rings. The second kappa shape index (κ2) is 13.0. The van der Waals surface area contributed by atoms with Crippen LogP contribution in [0.3, 0.4) is 0 Å². The van der Waals surface area contributed by atoms with Gasteiger partial charge in [0.05, 0.1) is 5.01 Å². The van der Waals surface area contributed by atoms with Crippen LogP contribution in [0.15, 0.2) is 46.8 Å². The van der Waals surface area contributed by atoms with E-state index in [1.165, 1.54) is 10.6 Å². The molecule has 2 heterocycles. The molecule has 1 aromatic carbocycles. The van der Waals surface area contributed by atoms with Crippen LogP contribution in [-0.2, 0) is 6.42 Å². The van der Waals surface area contributed by atoms with Gasteiger partial charge in [0.1, 0.15) is 0 Å². The lowest BCUT2D eigenvalue weighted by Gasteiger charge is -2.36. The fraction of sp³-hybridized carbons (Fsp3) is 0.455. The van der Waals surface area contributed by atoms with E-state index in [4.69, 9.17) is 0 Å². The molecule has 1 N–H and O–H groups in total. The average Bonchev–Trinajstić information content (AvgIpc) is 3.15. The highest BCUT2D eigenvalue weighted by molar-refractivity contribution is 14.0. The molecule has 7 heteroatoms. The number of hydrogen-bond donors (Lipinski definition) is 1. The van der Waals surface area contributed by atoms with Crippen LogP contribution in [0.1, 0.15) is 22.7 Å². The molecule has 0 bridgehead atoms. The van der Waals surface area contributed by atoms with Gasteiger partial charge in [-0.3, -0.25) is 9.89 Å². The Kier molecular flexibility index (Phi) is 10.7. The Morgan fingerprint density at radius 1 is 1.21 bits per heavy atom. The van der Waals surface area contributed by atoms with Crippen molar-refractivity contribution in [3.05, 3.63) is 58.1 Å². The number of benzene rings is 1. The molecule has 1 aliphatic rings. The molecule has 0 saturated carbocycles. The summed E-state index contributed by atoms with van der Waals surface area (Å²) in [4.78, 5) is 13.9. The van der Waals surface area contributed by atoms with Gasteiger partial charge in [0.15, 0.2) is 5.96 Å². The van der Waals surface area contributed by atoms with Crippen molar-refractivity contribution in [1.29, 1.82) is 0 Å². The zero-order valence-electron chi connectivity index (χ0n) is 17.4. The SMILES string of the molecule is CN=C(NCCCc1nc(C)cs1)N1CCN(C/C=C/c2ccccc2)CC1.I. The van der Waals surface area contributed by atoms with E-state index in [-0.39, 0.29) is 24.0 Å². The Morgan fingerprint density at radius 2 is 1.97 bits per heavy atom. The van der Waals surface area contributed by atoms with Gasteiger partial charge in [-0.15, -0.1) is 35.3 Å². The molecule has 0 atom stereocenters. The summed E-state index contributed by atoms with van der Waals surface area (Å²) in [5.74, 6) is 1.02. The number of halogens is 1. The monoisotopic (exact) mass is 525 g/mol. The van der Waals surface area contributed by atoms with Crippen molar-refractivity contribution < 1.29 is 0 Å². The van der Waals surface area contributed by atoms with Gasteiger partial charge < -0.3 is 10.2 Å². The third-order valence-corrected chi connectivity index (χ3v) is 5.90. The number of aliphatic imine (C=N–C) groups is 1. The van der Waals surface area contributed by atoms with Crippen LogP contribution in [0.4, 0.5) is 0 Å². The molecule has 0 aliphatic carbocycles. The normalized spacial score (nSPS) is 15.5. The lowest BCUT2D eigenvalue weighted by atomic mass is 10.2. The highest BCUT2D eigenvalue weighted by atomic mass is 127. The lowest BCUT2D eigenvalue weighted by Crippen LogP contribution is -2.52. The number of aromatic nitrogens is 1. The minimum absolute atomic E-state index is 0. The zero-order chi connectivity index (χ0) is 19.6. The summed E-state index contributed by atoms with van der Waals surface area (Å²) in [5.41, 5.74) is 2.39. The Morgan fingerprint density at radius 3 is 2.62 bits per heavy atom. The molecular formula is C22H32IN5S. The molecule has 0 unspecified atom stereocenters. The Bertz CT molecular complexity index is 767. The Balaban J connectivity index is 0.00000300. The first-order valence-corrected chi connectivity index (χ1v) is 10.9. The quantitative estimate of drug-likeness (QED) is 0.258. The largest absolute Gasteiger partial charge is 0.356 e. The van der Waals surface area contributed by atoms with Crippen LogP contribution in [0.2, 0.25) is 0 Å². The fourth-order valence-electron chi connectivity index (χ4n) is 3.33. The molecule has 0 spiro atoms. The molecule has 3 rings (SSSR count). The first-order valence-electron chi connectivity index (χ1n) is 10.0. The minimum Gasteiger partial charge on any atom is -0.356 e. The number of rotatable bonds is 7. The molecule has 0 radical (unpaired) electrons. The van der Waals surface area contributed by atoms with E-state index in [1.807, 2.05) is 7.05 Å². The van der Waals surface area contributed by atoms with Gasteiger partial charge in [0.2, 0.25) is 0 Å². The smallest absolute Gasteiger partial charge is 0.193 e. The van der Waals surface area contributed by atoms with Crippen molar-refractivity contribution in [1.82, 2.24) is 20.1 Å². The van der Waals surface area contributed by atoms with Crippen molar-refractivity contribution in [2.45, 2.75) is 19.8 Å². The maximum absolute atomic E-state index is 4.53. The highest BCUT2D eigenvalue weighted by Crippen LogP contribution is 2.10. The van der Waals surface area contributed by atoms with Gasteiger partial charge in [-0.1, -0.05) is 42.5 Å². The first-order chi connectivity index (χ1) is 13.7. The van der Waals surface area contributed by atoms with Gasteiger partial charge in [-0.25, -0.2) is 4.98 Å². The van der Waals surface area contributed by atoms with Crippen LogP contribution in [0, 0.1) is 6.92 Å². The number of thiazole rings is 1. The zero-order valence-corrected chi connectivity index (χ0v) is 20.5.